The van der Waals surface area contributed by atoms with Crippen LogP contribution in [0.4, 0.5) is 15.3 Å². The van der Waals surface area contributed by atoms with Crippen LogP contribution in [0.15, 0.2) is 53.5 Å². The number of carbonyl (C=O) groups is 3. The molecule has 0 aliphatic carbocycles. The first-order valence-electron chi connectivity index (χ1n) is 10.9. The van der Waals surface area contributed by atoms with Crippen LogP contribution in [0.3, 0.4) is 0 Å². The molecule has 0 bridgehead atoms. The van der Waals surface area contributed by atoms with E-state index >= 15 is 0 Å². The molecule has 1 unspecified atom stereocenters. The molecule has 0 aromatic heterocycles. The molecule has 1 aliphatic heterocycles. The molecular formula is C25H29N3O5. The second-order valence-electron chi connectivity index (χ2n) is 8.22. The van der Waals surface area contributed by atoms with Crippen molar-refractivity contribution in [3.05, 3.63) is 65.2 Å². The van der Waals surface area contributed by atoms with Crippen molar-refractivity contribution >= 4 is 29.5 Å². The summed E-state index contributed by atoms with van der Waals surface area (Å²) in [6, 6.07) is 14.6. The summed E-state index contributed by atoms with van der Waals surface area (Å²) in [5.74, 6) is -0.828. The molecule has 1 atom stereocenters. The van der Waals surface area contributed by atoms with Crippen LogP contribution in [0.2, 0.25) is 0 Å². The molecule has 1 aliphatic rings. The highest BCUT2D eigenvalue weighted by Gasteiger charge is 2.46. The molecule has 0 fully saturated rings. The van der Waals surface area contributed by atoms with Gasteiger partial charge in [-0.3, -0.25) is 15.1 Å². The Morgan fingerprint density at radius 2 is 1.79 bits per heavy atom. The highest BCUT2D eigenvalue weighted by molar-refractivity contribution is 6.23. The zero-order valence-electron chi connectivity index (χ0n) is 19.5. The third kappa shape index (κ3) is 5.05. The van der Waals surface area contributed by atoms with Gasteiger partial charge in [-0.05, 0) is 37.8 Å². The fourth-order valence-electron chi connectivity index (χ4n) is 3.67. The molecular weight excluding hydrogens is 422 g/mol. The van der Waals surface area contributed by atoms with Crippen molar-refractivity contribution in [1.29, 1.82) is 0 Å². The van der Waals surface area contributed by atoms with Crippen LogP contribution < -0.4 is 10.2 Å². The van der Waals surface area contributed by atoms with Crippen LogP contribution in [0.5, 0.6) is 0 Å². The van der Waals surface area contributed by atoms with E-state index in [2.05, 4.69) is 10.3 Å². The molecule has 0 saturated carbocycles. The van der Waals surface area contributed by atoms with Crippen molar-refractivity contribution in [2.24, 2.45) is 10.9 Å². The maximum atomic E-state index is 13.7. The number of fused-ring (bicyclic) bond motifs is 1. The van der Waals surface area contributed by atoms with E-state index in [9.17, 15) is 14.4 Å². The van der Waals surface area contributed by atoms with E-state index in [0.29, 0.717) is 22.5 Å². The number of anilines is 1. The predicted octanol–water partition coefficient (Wildman–Crippen LogP) is 4.59. The minimum absolute atomic E-state index is 0.0264. The fraction of sp³-hybridized carbons (Fsp3) is 0.360. The molecule has 3 amide bonds. The molecule has 0 saturated heterocycles. The summed E-state index contributed by atoms with van der Waals surface area (Å²) in [4.78, 5) is 45.0. The number of alkyl carbamates (subject to hydrolysis) is 1. The number of aryl methyl sites for hydroxylation is 1. The van der Waals surface area contributed by atoms with E-state index in [0.717, 1.165) is 10.5 Å². The summed E-state index contributed by atoms with van der Waals surface area (Å²) < 4.78 is 10.5. The Labute approximate surface area is 193 Å². The fourth-order valence-corrected chi connectivity index (χ4v) is 3.67. The smallest absolute Gasteiger partial charge is 0.421 e. The minimum atomic E-state index is -1.79. The van der Waals surface area contributed by atoms with Gasteiger partial charge in [0, 0.05) is 5.56 Å². The summed E-state index contributed by atoms with van der Waals surface area (Å²) in [5, 5.41) is 2.57. The summed E-state index contributed by atoms with van der Waals surface area (Å²) in [6.45, 7) is 8.90. The van der Waals surface area contributed by atoms with Crippen LogP contribution in [0, 0.1) is 12.8 Å². The van der Waals surface area contributed by atoms with Gasteiger partial charge in [-0.25, -0.2) is 14.5 Å². The van der Waals surface area contributed by atoms with Crippen molar-refractivity contribution in [1.82, 2.24) is 5.32 Å². The largest absolute Gasteiger partial charge is 0.449 e. The standard InChI is InChI=1S/C25H29N3O5/c1-6-32-24(31)28-21-17(4)11-10-14-19(21)20(16(2)3)26-25(5,22(28)29)27-23(30)33-15-18-12-8-7-9-13-18/h7-14,16H,6,15H2,1-5H3,(H,27,30). The third-order valence-electron chi connectivity index (χ3n) is 5.26. The van der Waals surface area contributed by atoms with Gasteiger partial charge in [0.15, 0.2) is 0 Å². The monoisotopic (exact) mass is 451 g/mol. The predicted molar refractivity (Wildman–Crippen MR) is 125 cm³/mol. The average Bonchev–Trinajstić information content (AvgIpc) is 2.87. The van der Waals surface area contributed by atoms with Gasteiger partial charge in [-0.1, -0.05) is 62.4 Å². The molecule has 0 radical (unpaired) electrons. The number of nitrogens with zero attached hydrogens (tertiary/aromatic N) is 2. The lowest BCUT2D eigenvalue weighted by atomic mass is 9.96. The van der Waals surface area contributed by atoms with E-state index in [1.807, 2.05) is 50.2 Å². The number of rotatable bonds is 5. The first-order valence-corrected chi connectivity index (χ1v) is 10.9. The van der Waals surface area contributed by atoms with E-state index in [1.165, 1.54) is 6.92 Å². The maximum absolute atomic E-state index is 13.7. The quantitative estimate of drug-likeness (QED) is 0.717. The Morgan fingerprint density at radius 1 is 1.09 bits per heavy atom. The van der Waals surface area contributed by atoms with Gasteiger partial charge in [0.1, 0.15) is 6.61 Å². The van der Waals surface area contributed by atoms with Crippen molar-refractivity contribution < 1.29 is 23.9 Å². The lowest BCUT2D eigenvalue weighted by Crippen LogP contribution is -2.58. The summed E-state index contributed by atoms with van der Waals surface area (Å²) in [6.07, 6.45) is -1.66. The van der Waals surface area contributed by atoms with Crippen LogP contribution in [0.25, 0.3) is 0 Å². The summed E-state index contributed by atoms with van der Waals surface area (Å²) in [7, 11) is 0. The number of amides is 3. The maximum Gasteiger partial charge on any atom is 0.421 e. The Hall–Kier alpha value is -3.68. The number of aliphatic imine (C=N–C) groups is 1. The molecule has 0 spiro atoms. The van der Waals surface area contributed by atoms with E-state index in [4.69, 9.17) is 9.47 Å². The Bertz CT molecular complexity index is 1080. The zero-order chi connectivity index (χ0) is 24.2. The first kappa shape index (κ1) is 24.0. The van der Waals surface area contributed by atoms with E-state index in [1.54, 1.807) is 26.0 Å². The minimum Gasteiger partial charge on any atom is -0.449 e. The summed E-state index contributed by atoms with van der Waals surface area (Å²) >= 11 is 0. The van der Waals surface area contributed by atoms with Gasteiger partial charge < -0.3 is 9.47 Å². The second-order valence-corrected chi connectivity index (χ2v) is 8.22. The molecule has 8 heteroatoms. The number of carbonyl (C=O) groups excluding carboxylic acids is 3. The molecule has 8 nitrogen and oxygen atoms in total. The Morgan fingerprint density at radius 3 is 2.42 bits per heavy atom. The number of hydrogen-bond donors (Lipinski definition) is 1. The number of para-hydroxylation sites is 1. The van der Waals surface area contributed by atoms with Crippen LogP contribution in [-0.4, -0.2) is 36.1 Å². The molecule has 33 heavy (non-hydrogen) atoms. The molecule has 3 rings (SSSR count). The van der Waals surface area contributed by atoms with Crippen molar-refractivity contribution in [2.75, 3.05) is 11.5 Å². The van der Waals surface area contributed by atoms with Gasteiger partial charge in [-0.2, -0.15) is 0 Å². The van der Waals surface area contributed by atoms with Gasteiger partial charge in [0.2, 0.25) is 5.66 Å². The third-order valence-corrected chi connectivity index (χ3v) is 5.26. The molecule has 1 N–H and O–H groups in total. The number of nitrogens with one attached hydrogen (secondary N) is 1. The number of hydrogen-bond acceptors (Lipinski definition) is 6. The van der Waals surface area contributed by atoms with Crippen molar-refractivity contribution in [3.63, 3.8) is 0 Å². The van der Waals surface area contributed by atoms with Crippen molar-refractivity contribution in [3.8, 4) is 0 Å². The van der Waals surface area contributed by atoms with E-state index in [-0.39, 0.29) is 19.1 Å². The number of benzene rings is 2. The SMILES string of the molecule is CCOC(=O)N1C(=O)C(C)(NC(=O)OCc2ccccc2)N=C(C(C)C)c2cccc(C)c21. The second kappa shape index (κ2) is 9.85. The molecule has 174 valence electrons. The molecule has 2 aromatic carbocycles. The first-order chi connectivity index (χ1) is 15.7. The average molecular weight is 452 g/mol. The van der Waals surface area contributed by atoms with Gasteiger partial charge in [0.25, 0.3) is 5.91 Å². The van der Waals surface area contributed by atoms with Crippen LogP contribution in [0.1, 0.15) is 44.4 Å². The van der Waals surface area contributed by atoms with Crippen LogP contribution in [-0.2, 0) is 20.9 Å². The number of benzodiazepines with no additional fused rings is 1. The number of ether oxygens (including phenoxy) is 2. The van der Waals surface area contributed by atoms with Gasteiger partial charge in [0.05, 0.1) is 18.0 Å². The van der Waals surface area contributed by atoms with E-state index < -0.39 is 23.8 Å². The topological polar surface area (TPSA) is 97.3 Å². The number of imide groups is 1. The van der Waals surface area contributed by atoms with Gasteiger partial charge >= 0.3 is 12.2 Å². The summed E-state index contributed by atoms with van der Waals surface area (Å²) in [5.41, 5.74) is 1.34. The lowest BCUT2D eigenvalue weighted by Gasteiger charge is -2.29. The molecule has 2 aromatic rings. The Balaban J connectivity index is 2.02. The highest BCUT2D eigenvalue weighted by atomic mass is 16.6. The van der Waals surface area contributed by atoms with Crippen molar-refractivity contribution in [2.45, 2.75) is 46.9 Å². The lowest BCUT2D eigenvalue weighted by molar-refractivity contribution is -0.123. The Kier molecular flexibility index (Phi) is 7.16. The highest BCUT2D eigenvalue weighted by Crippen LogP contribution is 2.34. The normalized spacial score (nSPS) is 17.7. The zero-order valence-corrected chi connectivity index (χ0v) is 19.5. The van der Waals surface area contributed by atoms with Gasteiger partial charge in [-0.15, -0.1) is 0 Å². The molecule has 1 heterocycles. The van der Waals surface area contributed by atoms with Crippen LogP contribution >= 0.6 is 0 Å².